The molecule has 2 heterocycles. The molecule has 2 aliphatic heterocycles. The van der Waals surface area contributed by atoms with Crippen LogP contribution in [0.5, 0.6) is 0 Å². The number of rotatable bonds is 3. The van der Waals surface area contributed by atoms with Gasteiger partial charge in [0.2, 0.25) is 0 Å². The van der Waals surface area contributed by atoms with Crippen molar-refractivity contribution >= 4 is 0 Å². The summed E-state index contributed by atoms with van der Waals surface area (Å²) in [6.45, 7) is 1.61. The zero-order chi connectivity index (χ0) is 11.4. The van der Waals surface area contributed by atoms with Crippen LogP contribution in [0.25, 0.3) is 0 Å². The first-order chi connectivity index (χ1) is 7.86. The van der Waals surface area contributed by atoms with Crippen LogP contribution < -0.4 is 0 Å². The van der Waals surface area contributed by atoms with Crippen molar-refractivity contribution in [1.29, 1.82) is 0 Å². The molecule has 4 unspecified atom stereocenters. The maximum absolute atomic E-state index is 5.65. The van der Waals surface area contributed by atoms with Crippen LogP contribution in [0.4, 0.5) is 0 Å². The maximum atomic E-state index is 5.65. The van der Waals surface area contributed by atoms with Crippen LogP contribution in [0.3, 0.4) is 0 Å². The summed E-state index contributed by atoms with van der Waals surface area (Å²) in [4.78, 5) is 0. The largest absolute Gasteiger partial charge is 0.356 e. The average Bonchev–Trinajstić information content (AvgIpc) is 2.38. The summed E-state index contributed by atoms with van der Waals surface area (Å²) in [6, 6.07) is 0. The lowest BCUT2D eigenvalue weighted by Crippen LogP contribution is -2.44. The first-order valence-corrected chi connectivity index (χ1v) is 6.15. The van der Waals surface area contributed by atoms with Gasteiger partial charge in [-0.15, -0.1) is 0 Å². The van der Waals surface area contributed by atoms with Gasteiger partial charge < -0.3 is 18.9 Å². The predicted octanol–water partition coefficient (Wildman–Crippen LogP) is 1.78. The average molecular weight is 230 g/mol. The van der Waals surface area contributed by atoms with Gasteiger partial charge in [-0.1, -0.05) is 0 Å². The van der Waals surface area contributed by atoms with Crippen LogP contribution in [0.2, 0.25) is 0 Å². The summed E-state index contributed by atoms with van der Waals surface area (Å²) in [6.07, 6.45) is 4.34. The number of hydrogen-bond acceptors (Lipinski definition) is 4. The van der Waals surface area contributed by atoms with Gasteiger partial charge in [-0.05, 0) is 25.7 Å². The Labute approximate surface area is 97.2 Å². The SMILES string of the molecule is COC1OCCCC1C1CCCOC1OC. The zero-order valence-corrected chi connectivity index (χ0v) is 10.2. The van der Waals surface area contributed by atoms with Crippen LogP contribution in [-0.2, 0) is 18.9 Å². The van der Waals surface area contributed by atoms with E-state index in [2.05, 4.69) is 0 Å². The van der Waals surface area contributed by atoms with Crippen LogP contribution in [0.15, 0.2) is 0 Å². The third-order valence-corrected chi connectivity index (χ3v) is 3.64. The predicted molar refractivity (Wildman–Crippen MR) is 58.9 cm³/mol. The topological polar surface area (TPSA) is 36.9 Å². The molecule has 0 aromatic rings. The Morgan fingerprint density at radius 3 is 1.62 bits per heavy atom. The molecule has 2 aliphatic rings. The number of hydrogen-bond donors (Lipinski definition) is 0. The molecule has 4 atom stereocenters. The number of ether oxygens (including phenoxy) is 4. The van der Waals surface area contributed by atoms with Crippen molar-refractivity contribution in [2.75, 3.05) is 27.4 Å². The van der Waals surface area contributed by atoms with Crippen molar-refractivity contribution in [3.8, 4) is 0 Å². The minimum Gasteiger partial charge on any atom is -0.356 e. The fraction of sp³-hybridized carbons (Fsp3) is 1.00. The molecule has 16 heavy (non-hydrogen) atoms. The van der Waals surface area contributed by atoms with E-state index in [1.165, 1.54) is 0 Å². The molecule has 0 aromatic heterocycles. The van der Waals surface area contributed by atoms with E-state index < -0.39 is 0 Å². The van der Waals surface area contributed by atoms with E-state index in [0.29, 0.717) is 11.8 Å². The third kappa shape index (κ3) is 2.56. The summed E-state index contributed by atoms with van der Waals surface area (Å²) < 4.78 is 22.1. The third-order valence-electron chi connectivity index (χ3n) is 3.64. The van der Waals surface area contributed by atoms with E-state index in [1.54, 1.807) is 14.2 Å². The van der Waals surface area contributed by atoms with Crippen molar-refractivity contribution in [3.63, 3.8) is 0 Å². The molecule has 0 amide bonds. The molecule has 0 N–H and O–H groups in total. The number of methoxy groups -OCH3 is 2. The molecule has 94 valence electrons. The Balaban J connectivity index is 2.01. The lowest BCUT2D eigenvalue weighted by Gasteiger charge is -2.41. The van der Waals surface area contributed by atoms with Gasteiger partial charge in [0.1, 0.15) is 0 Å². The molecule has 4 heteroatoms. The molecule has 2 rings (SSSR count). The Morgan fingerprint density at radius 2 is 1.25 bits per heavy atom. The van der Waals surface area contributed by atoms with Gasteiger partial charge in [0.15, 0.2) is 12.6 Å². The second-order valence-corrected chi connectivity index (χ2v) is 4.56. The fourth-order valence-corrected chi connectivity index (χ4v) is 2.87. The molecule has 0 saturated carbocycles. The molecule has 0 spiro atoms. The first kappa shape index (κ1) is 12.3. The fourth-order valence-electron chi connectivity index (χ4n) is 2.87. The Hall–Kier alpha value is -0.160. The van der Waals surface area contributed by atoms with Gasteiger partial charge in [-0.2, -0.15) is 0 Å². The molecule has 2 saturated heterocycles. The Bertz CT molecular complexity index is 187. The normalized spacial score (nSPS) is 40.9. The summed E-state index contributed by atoms with van der Waals surface area (Å²) in [5, 5.41) is 0. The highest BCUT2D eigenvalue weighted by Gasteiger charge is 2.39. The monoisotopic (exact) mass is 230 g/mol. The van der Waals surface area contributed by atoms with Crippen LogP contribution in [0, 0.1) is 11.8 Å². The maximum Gasteiger partial charge on any atom is 0.160 e. The highest BCUT2D eigenvalue weighted by molar-refractivity contribution is 4.80. The van der Waals surface area contributed by atoms with Crippen molar-refractivity contribution in [1.82, 2.24) is 0 Å². The van der Waals surface area contributed by atoms with E-state index >= 15 is 0 Å². The van der Waals surface area contributed by atoms with Gasteiger partial charge in [0.25, 0.3) is 0 Å². The lowest BCUT2D eigenvalue weighted by molar-refractivity contribution is -0.243. The van der Waals surface area contributed by atoms with Crippen LogP contribution in [-0.4, -0.2) is 40.0 Å². The molecule has 2 fully saturated rings. The molecule has 0 bridgehead atoms. The van der Waals surface area contributed by atoms with Crippen molar-refractivity contribution in [2.24, 2.45) is 11.8 Å². The first-order valence-electron chi connectivity index (χ1n) is 6.15. The van der Waals surface area contributed by atoms with E-state index in [4.69, 9.17) is 18.9 Å². The molecule has 0 aliphatic carbocycles. The van der Waals surface area contributed by atoms with E-state index in [1.807, 2.05) is 0 Å². The van der Waals surface area contributed by atoms with Gasteiger partial charge in [0, 0.05) is 39.3 Å². The zero-order valence-electron chi connectivity index (χ0n) is 10.2. The van der Waals surface area contributed by atoms with Gasteiger partial charge in [0.05, 0.1) is 0 Å². The molecule has 0 aromatic carbocycles. The second-order valence-electron chi connectivity index (χ2n) is 4.56. The van der Waals surface area contributed by atoms with E-state index in [-0.39, 0.29) is 12.6 Å². The Morgan fingerprint density at radius 1 is 0.812 bits per heavy atom. The lowest BCUT2D eigenvalue weighted by atomic mass is 9.82. The summed E-state index contributed by atoms with van der Waals surface area (Å²) >= 11 is 0. The highest BCUT2D eigenvalue weighted by atomic mass is 16.7. The Kier molecular flexibility index (Phi) is 4.58. The molecule has 0 radical (unpaired) electrons. The summed E-state index contributed by atoms with van der Waals surface area (Å²) in [5.74, 6) is 0.813. The van der Waals surface area contributed by atoms with Crippen molar-refractivity contribution in [3.05, 3.63) is 0 Å². The second kappa shape index (κ2) is 5.96. The van der Waals surface area contributed by atoms with Gasteiger partial charge in [-0.25, -0.2) is 0 Å². The van der Waals surface area contributed by atoms with Gasteiger partial charge in [-0.3, -0.25) is 0 Å². The van der Waals surface area contributed by atoms with Gasteiger partial charge >= 0.3 is 0 Å². The standard InChI is InChI=1S/C12H22O4/c1-13-11-9(5-3-7-15-11)10-6-4-8-16-12(10)14-2/h9-12H,3-8H2,1-2H3. The van der Waals surface area contributed by atoms with E-state index in [0.717, 1.165) is 38.9 Å². The van der Waals surface area contributed by atoms with E-state index in [9.17, 15) is 0 Å². The minimum atomic E-state index is -0.0851. The van der Waals surface area contributed by atoms with Crippen molar-refractivity contribution < 1.29 is 18.9 Å². The molecule has 4 nitrogen and oxygen atoms in total. The minimum absolute atomic E-state index is 0.0851. The van der Waals surface area contributed by atoms with Crippen molar-refractivity contribution in [2.45, 2.75) is 38.3 Å². The smallest absolute Gasteiger partial charge is 0.160 e. The quantitative estimate of drug-likeness (QED) is 0.740. The van der Waals surface area contributed by atoms with Crippen LogP contribution >= 0.6 is 0 Å². The van der Waals surface area contributed by atoms with Crippen LogP contribution in [0.1, 0.15) is 25.7 Å². The highest BCUT2D eigenvalue weighted by Crippen LogP contribution is 2.36. The molecular weight excluding hydrogens is 208 g/mol. The summed E-state index contributed by atoms with van der Waals surface area (Å²) in [5.41, 5.74) is 0. The molecular formula is C12H22O4. The summed E-state index contributed by atoms with van der Waals surface area (Å²) in [7, 11) is 3.43.